The van der Waals surface area contributed by atoms with Crippen molar-refractivity contribution >= 4 is 27.6 Å². The summed E-state index contributed by atoms with van der Waals surface area (Å²) in [5, 5.41) is 9.98. The summed E-state index contributed by atoms with van der Waals surface area (Å²) in [5.41, 5.74) is 1.87. The SMILES string of the molecule is CC(C)[C@@H](CS(=O)(=O)N1CCC(c2ncc(-c3ccc(Cl)cc3)cn2)CC1)C(=O)O. The van der Waals surface area contributed by atoms with Crippen molar-refractivity contribution in [3.05, 3.63) is 47.5 Å². The van der Waals surface area contributed by atoms with E-state index in [1.807, 2.05) is 24.3 Å². The number of rotatable bonds is 7. The highest BCUT2D eigenvalue weighted by molar-refractivity contribution is 7.89. The van der Waals surface area contributed by atoms with Crippen LogP contribution in [0.5, 0.6) is 0 Å². The van der Waals surface area contributed by atoms with Gasteiger partial charge in [0, 0.05) is 42.0 Å². The number of hydrogen-bond acceptors (Lipinski definition) is 5. The number of benzene rings is 1. The lowest BCUT2D eigenvalue weighted by Crippen LogP contribution is -2.42. The second kappa shape index (κ2) is 9.41. The Kier molecular flexibility index (Phi) is 7.10. The highest BCUT2D eigenvalue weighted by Crippen LogP contribution is 2.29. The molecule has 2 aromatic rings. The van der Waals surface area contributed by atoms with Gasteiger partial charge in [0.2, 0.25) is 10.0 Å². The molecule has 0 spiro atoms. The first kappa shape index (κ1) is 22.7. The van der Waals surface area contributed by atoms with Crippen LogP contribution in [-0.2, 0) is 14.8 Å². The zero-order valence-electron chi connectivity index (χ0n) is 17.0. The number of sulfonamides is 1. The van der Waals surface area contributed by atoms with E-state index < -0.39 is 21.9 Å². The highest BCUT2D eigenvalue weighted by atomic mass is 35.5. The molecule has 1 aliphatic heterocycles. The molecule has 30 heavy (non-hydrogen) atoms. The minimum absolute atomic E-state index is 0.0797. The molecule has 1 aliphatic rings. The molecule has 1 aromatic heterocycles. The smallest absolute Gasteiger partial charge is 0.307 e. The maximum absolute atomic E-state index is 12.7. The zero-order valence-corrected chi connectivity index (χ0v) is 18.6. The van der Waals surface area contributed by atoms with Crippen LogP contribution in [0.4, 0.5) is 0 Å². The molecule has 1 saturated heterocycles. The average Bonchev–Trinajstić information content (AvgIpc) is 2.72. The van der Waals surface area contributed by atoms with E-state index in [1.165, 1.54) is 4.31 Å². The Morgan fingerprint density at radius 1 is 1.13 bits per heavy atom. The quantitative estimate of drug-likeness (QED) is 0.689. The van der Waals surface area contributed by atoms with Crippen LogP contribution in [0.15, 0.2) is 36.7 Å². The number of carbonyl (C=O) groups is 1. The first-order valence-electron chi connectivity index (χ1n) is 9.96. The Morgan fingerprint density at radius 2 is 1.70 bits per heavy atom. The van der Waals surface area contributed by atoms with Crippen LogP contribution in [0, 0.1) is 11.8 Å². The third-order valence-corrected chi connectivity index (χ3v) is 7.76. The summed E-state index contributed by atoms with van der Waals surface area (Å²) in [7, 11) is -3.62. The van der Waals surface area contributed by atoms with Gasteiger partial charge < -0.3 is 5.11 Å². The summed E-state index contributed by atoms with van der Waals surface area (Å²) in [6, 6.07) is 7.45. The topological polar surface area (TPSA) is 100 Å². The van der Waals surface area contributed by atoms with E-state index >= 15 is 0 Å². The Hall–Kier alpha value is -2.03. The maximum atomic E-state index is 12.7. The number of hydrogen-bond donors (Lipinski definition) is 1. The van der Waals surface area contributed by atoms with Crippen LogP contribution < -0.4 is 0 Å². The van der Waals surface area contributed by atoms with Gasteiger partial charge in [-0.2, -0.15) is 0 Å². The van der Waals surface area contributed by atoms with Gasteiger partial charge in [-0.1, -0.05) is 37.6 Å². The highest BCUT2D eigenvalue weighted by Gasteiger charge is 2.34. The van der Waals surface area contributed by atoms with Gasteiger partial charge in [0.1, 0.15) is 5.82 Å². The lowest BCUT2D eigenvalue weighted by Gasteiger charge is -2.31. The summed E-state index contributed by atoms with van der Waals surface area (Å²) in [5.74, 6) is -1.81. The molecule has 1 aromatic carbocycles. The lowest BCUT2D eigenvalue weighted by molar-refractivity contribution is -0.142. The average molecular weight is 452 g/mol. The van der Waals surface area contributed by atoms with Crippen molar-refractivity contribution in [2.45, 2.75) is 32.6 Å². The second-order valence-corrected chi connectivity index (χ2v) is 10.4. The number of carboxylic acid groups (broad SMARTS) is 1. The van der Waals surface area contributed by atoms with E-state index in [0.29, 0.717) is 36.8 Å². The molecule has 162 valence electrons. The largest absolute Gasteiger partial charge is 0.481 e. The lowest BCUT2D eigenvalue weighted by atomic mass is 9.97. The van der Waals surface area contributed by atoms with Crippen molar-refractivity contribution < 1.29 is 18.3 Å². The number of carboxylic acids is 1. The first-order chi connectivity index (χ1) is 14.2. The van der Waals surface area contributed by atoms with Crippen molar-refractivity contribution in [3.8, 4) is 11.1 Å². The van der Waals surface area contributed by atoms with Gasteiger partial charge >= 0.3 is 5.97 Å². The number of aromatic nitrogens is 2. The minimum Gasteiger partial charge on any atom is -0.481 e. The summed E-state index contributed by atoms with van der Waals surface area (Å²) in [6.07, 6.45) is 4.77. The van der Waals surface area contributed by atoms with E-state index in [0.717, 1.165) is 11.1 Å². The molecule has 0 amide bonds. The van der Waals surface area contributed by atoms with Crippen molar-refractivity contribution in [2.75, 3.05) is 18.8 Å². The van der Waals surface area contributed by atoms with Gasteiger partial charge in [-0.3, -0.25) is 4.79 Å². The zero-order chi connectivity index (χ0) is 21.9. The summed E-state index contributed by atoms with van der Waals surface area (Å²) in [6.45, 7) is 4.15. The molecular formula is C21H26ClN3O4S. The molecule has 1 fully saturated rings. The van der Waals surface area contributed by atoms with Gasteiger partial charge in [-0.05, 0) is 36.5 Å². The predicted octanol–water partition coefficient (Wildman–Crippen LogP) is 3.66. The van der Waals surface area contributed by atoms with Crippen LogP contribution >= 0.6 is 11.6 Å². The van der Waals surface area contributed by atoms with Crippen molar-refractivity contribution in [3.63, 3.8) is 0 Å². The Morgan fingerprint density at radius 3 is 2.20 bits per heavy atom. The molecule has 0 radical (unpaired) electrons. The monoisotopic (exact) mass is 451 g/mol. The molecule has 0 unspecified atom stereocenters. The fourth-order valence-corrected chi connectivity index (χ4v) is 5.70. The number of piperidine rings is 1. The van der Waals surface area contributed by atoms with Crippen LogP contribution in [0.1, 0.15) is 38.4 Å². The predicted molar refractivity (Wildman–Crippen MR) is 116 cm³/mol. The van der Waals surface area contributed by atoms with Gasteiger partial charge in [0.25, 0.3) is 0 Å². The molecule has 0 bridgehead atoms. The van der Waals surface area contributed by atoms with Crippen molar-refractivity contribution in [1.82, 2.24) is 14.3 Å². The van der Waals surface area contributed by atoms with E-state index in [4.69, 9.17) is 11.6 Å². The van der Waals surface area contributed by atoms with Gasteiger partial charge in [-0.15, -0.1) is 0 Å². The standard InChI is InChI=1S/C21H26ClN3O4S/c1-14(2)19(21(26)27)13-30(28,29)25-9-7-16(8-10-25)20-23-11-17(12-24-20)15-3-5-18(22)6-4-15/h3-6,11-12,14,16,19H,7-10,13H2,1-2H3,(H,26,27)/t19-/m1/s1. The van der Waals surface area contributed by atoms with Crippen LogP contribution in [0.25, 0.3) is 11.1 Å². The third-order valence-electron chi connectivity index (χ3n) is 5.57. The molecule has 3 rings (SSSR count). The van der Waals surface area contributed by atoms with Gasteiger partial charge in [-0.25, -0.2) is 22.7 Å². The molecule has 0 saturated carbocycles. The Bertz CT molecular complexity index is 970. The number of halogens is 1. The molecule has 9 heteroatoms. The summed E-state index contributed by atoms with van der Waals surface area (Å²) in [4.78, 5) is 20.4. The van der Waals surface area contributed by atoms with Crippen LogP contribution in [0.2, 0.25) is 5.02 Å². The number of nitrogens with zero attached hydrogens (tertiary/aromatic N) is 3. The fraction of sp³-hybridized carbons (Fsp3) is 0.476. The van der Waals surface area contributed by atoms with Gasteiger partial charge in [0.05, 0.1) is 11.7 Å². The van der Waals surface area contributed by atoms with Gasteiger partial charge in [0.15, 0.2) is 0 Å². The van der Waals surface area contributed by atoms with E-state index in [-0.39, 0.29) is 17.6 Å². The summed E-state index contributed by atoms with van der Waals surface area (Å²) < 4.78 is 26.8. The molecule has 1 N–H and O–H groups in total. The molecular weight excluding hydrogens is 426 g/mol. The first-order valence-corrected chi connectivity index (χ1v) is 11.9. The normalized spacial score (nSPS) is 17.2. The number of aliphatic carboxylic acids is 1. The molecule has 2 heterocycles. The van der Waals surface area contributed by atoms with Crippen molar-refractivity contribution in [2.24, 2.45) is 11.8 Å². The molecule has 0 aliphatic carbocycles. The van der Waals surface area contributed by atoms with E-state index in [9.17, 15) is 18.3 Å². The molecule has 7 nitrogen and oxygen atoms in total. The van der Waals surface area contributed by atoms with Crippen LogP contribution in [-0.4, -0.2) is 52.6 Å². The van der Waals surface area contributed by atoms with E-state index in [2.05, 4.69) is 9.97 Å². The maximum Gasteiger partial charge on any atom is 0.307 e. The van der Waals surface area contributed by atoms with E-state index in [1.54, 1.807) is 26.2 Å². The second-order valence-electron chi connectivity index (χ2n) is 7.98. The van der Waals surface area contributed by atoms with Crippen LogP contribution in [0.3, 0.4) is 0 Å². The fourth-order valence-electron chi connectivity index (χ4n) is 3.61. The summed E-state index contributed by atoms with van der Waals surface area (Å²) >= 11 is 5.92. The third kappa shape index (κ3) is 5.36. The minimum atomic E-state index is -3.62. The Labute approximate surface area is 182 Å². The Balaban J connectivity index is 1.62. The molecule has 1 atom stereocenters. The van der Waals surface area contributed by atoms with Crippen molar-refractivity contribution in [1.29, 1.82) is 0 Å².